The van der Waals surface area contributed by atoms with Crippen LogP contribution in [-0.2, 0) is 16.4 Å². The Morgan fingerprint density at radius 3 is 2.38 bits per heavy atom. The molecule has 7 nitrogen and oxygen atoms in total. The first-order valence-corrected chi connectivity index (χ1v) is 11.3. The van der Waals surface area contributed by atoms with Crippen molar-refractivity contribution in [3.63, 3.8) is 0 Å². The number of nitrogens with zero attached hydrogens (tertiary/aromatic N) is 2. The Balaban J connectivity index is 1.67. The molecule has 2 aromatic rings. The first-order valence-electron chi connectivity index (χ1n) is 9.78. The molecule has 1 saturated carbocycles. The average molecular weight is 517 g/mol. The Kier molecular flexibility index (Phi) is 6.88. The quantitative estimate of drug-likeness (QED) is 0.582. The second-order valence-corrected chi connectivity index (χ2v) is 9.86. The van der Waals surface area contributed by atoms with Crippen LogP contribution in [-0.4, -0.2) is 47.7 Å². The number of rotatable bonds is 6. The molecular weight excluding hydrogens is 499 g/mol. The van der Waals surface area contributed by atoms with Crippen molar-refractivity contribution in [3.05, 3.63) is 42.2 Å². The van der Waals surface area contributed by atoms with Gasteiger partial charge in [0.05, 0.1) is 4.90 Å². The van der Waals surface area contributed by atoms with E-state index in [9.17, 15) is 39.6 Å². The smallest absolute Gasteiger partial charge is 0.406 e. The molecule has 3 rings (SSSR count). The Bertz CT molecular complexity index is 1140. The van der Waals surface area contributed by atoms with Crippen LogP contribution in [0, 0.1) is 0 Å². The van der Waals surface area contributed by atoms with Crippen LogP contribution in [0.3, 0.4) is 0 Å². The Morgan fingerprint density at radius 2 is 1.79 bits per heavy atom. The molecule has 1 N–H and O–H groups in total. The summed E-state index contributed by atoms with van der Waals surface area (Å²) in [4.78, 5) is 11.7. The maximum absolute atomic E-state index is 15.4. The van der Waals surface area contributed by atoms with Crippen LogP contribution in [0.15, 0.2) is 41.4 Å². The number of nitrogens with one attached hydrogen (secondary N) is 1. The highest BCUT2D eigenvalue weighted by Crippen LogP contribution is 2.41. The van der Waals surface area contributed by atoms with Gasteiger partial charge in [-0.15, -0.1) is 13.2 Å². The Morgan fingerprint density at radius 1 is 1.15 bits per heavy atom. The number of carbonyl (C=O) groups is 1. The van der Waals surface area contributed by atoms with Crippen LogP contribution >= 0.6 is 0 Å². The lowest BCUT2D eigenvalue weighted by molar-refractivity contribution is -0.274. The fourth-order valence-corrected chi connectivity index (χ4v) is 5.32. The lowest BCUT2D eigenvalue weighted by atomic mass is 9.93. The molecule has 1 fully saturated rings. The van der Waals surface area contributed by atoms with Crippen LogP contribution in [0.2, 0.25) is 0 Å². The van der Waals surface area contributed by atoms with Gasteiger partial charge in [-0.2, -0.15) is 18.3 Å². The van der Waals surface area contributed by atoms with E-state index in [0.29, 0.717) is 10.7 Å². The van der Waals surface area contributed by atoms with E-state index in [0.717, 1.165) is 30.5 Å². The third-order valence-corrected chi connectivity index (χ3v) is 7.42. The molecule has 1 aliphatic rings. The molecule has 15 heteroatoms. The summed E-state index contributed by atoms with van der Waals surface area (Å²) in [5, 5.41) is 3.07. The molecular formula is C19H18F7N3O4S. The summed E-state index contributed by atoms with van der Waals surface area (Å²) in [5.41, 5.74) is -0.372. The van der Waals surface area contributed by atoms with Crippen LogP contribution in [0.1, 0.15) is 36.2 Å². The number of halogens is 7. The number of benzene rings is 1. The van der Waals surface area contributed by atoms with E-state index < -0.39 is 69.4 Å². The molecule has 0 bridgehead atoms. The SMILES string of the molecule is O=C(N[C@H]1CC[C@](F)(S(=O)(=O)c2cccc(OC(F)(F)F)c2)CC1)c1ccnn1CC(F)(F)F. The fraction of sp³-hybridized carbons (Fsp3) is 0.474. The standard InChI is InChI=1S/C19H18F7N3O4S/c20-17(34(31,32)14-3-1-2-13(10-14)33-19(24,25)26)7-4-12(5-8-17)28-16(30)15-6-9-27-29(15)11-18(21,22)23/h1-3,6,9-10,12H,4-5,7-8,11H2,(H,28,30)/t12-,17-. The van der Waals surface area contributed by atoms with Crippen LogP contribution in [0.4, 0.5) is 30.7 Å². The first kappa shape index (κ1) is 25.8. The summed E-state index contributed by atoms with van der Waals surface area (Å²) in [6, 6.07) is 3.69. The van der Waals surface area contributed by atoms with Crippen molar-refractivity contribution >= 4 is 15.7 Å². The molecule has 188 valence electrons. The highest BCUT2D eigenvalue weighted by Gasteiger charge is 2.48. The van der Waals surface area contributed by atoms with Gasteiger partial charge in [-0.3, -0.25) is 9.48 Å². The molecule has 0 radical (unpaired) electrons. The minimum absolute atomic E-state index is 0.173. The predicted molar refractivity (Wildman–Crippen MR) is 102 cm³/mol. The highest BCUT2D eigenvalue weighted by atomic mass is 32.2. The third kappa shape index (κ3) is 5.98. The summed E-state index contributed by atoms with van der Waals surface area (Å²) >= 11 is 0. The minimum atomic E-state index is -5.07. The van der Waals surface area contributed by atoms with E-state index in [1.807, 2.05) is 0 Å². The summed E-state index contributed by atoms with van der Waals surface area (Å²) in [6.45, 7) is -1.49. The number of amides is 1. The van der Waals surface area contributed by atoms with Crippen LogP contribution in [0.25, 0.3) is 0 Å². The zero-order valence-electron chi connectivity index (χ0n) is 17.2. The maximum Gasteiger partial charge on any atom is 0.573 e. The van der Waals surface area contributed by atoms with Crippen LogP contribution in [0.5, 0.6) is 5.75 Å². The van der Waals surface area contributed by atoms with Gasteiger partial charge >= 0.3 is 12.5 Å². The topological polar surface area (TPSA) is 90.3 Å². The van der Waals surface area contributed by atoms with Gasteiger partial charge in [-0.05, 0) is 49.9 Å². The third-order valence-electron chi connectivity index (χ3n) is 5.18. The number of carbonyl (C=O) groups excluding carboxylic acids is 1. The Hall–Kier alpha value is -2.84. The molecule has 1 aromatic carbocycles. The van der Waals surface area contributed by atoms with Crippen LogP contribution < -0.4 is 10.1 Å². The van der Waals surface area contributed by atoms with Gasteiger partial charge in [0.1, 0.15) is 18.0 Å². The lowest BCUT2D eigenvalue weighted by Gasteiger charge is -2.33. The highest BCUT2D eigenvalue weighted by molar-refractivity contribution is 7.92. The van der Waals surface area contributed by atoms with E-state index in [4.69, 9.17) is 0 Å². The molecule has 0 spiro atoms. The molecule has 0 saturated heterocycles. The lowest BCUT2D eigenvalue weighted by Crippen LogP contribution is -2.45. The van der Waals surface area contributed by atoms with Gasteiger partial charge < -0.3 is 10.1 Å². The average Bonchev–Trinajstić information content (AvgIpc) is 3.15. The van der Waals surface area contributed by atoms with E-state index in [1.165, 1.54) is 0 Å². The van der Waals surface area contributed by atoms with E-state index >= 15 is 4.39 Å². The number of alkyl halides is 7. The number of aromatic nitrogens is 2. The van der Waals surface area contributed by atoms with Crippen molar-refractivity contribution < 1.29 is 48.7 Å². The summed E-state index contributed by atoms with van der Waals surface area (Å²) in [6.07, 6.45) is -10.2. The van der Waals surface area contributed by atoms with E-state index in [1.54, 1.807) is 0 Å². The number of hydrogen-bond donors (Lipinski definition) is 1. The van der Waals surface area contributed by atoms with Crippen molar-refractivity contribution in [3.8, 4) is 5.75 Å². The number of ether oxygens (including phenoxy) is 1. The maximum atomic E-state index is 15.4. The minimum Gasteiger partial charge on any atom is -0.406 e. The van der Waals surface area contributed by atoms with Gasteiger partial charge in [0.15, 0.2) is 0 Å². The van der Waals surface area contributed by atoms with Crippen molar-refractivity contribution in [2.24, 2.45) is 0 Å². The second kappa shape index (κ2) is 9.07. The van der Waals surface area contributed by atoms with E-state index in [-0.39, 0.29) is 18.5 Å². The van der Waals surface area contributed by atoms with Crippen molar-refractivity contribution in [1.82, 2.24) is 15.1 Å². The molecule has 0 atom stereocenters. The molecule has 0 aliphatic heterocycles. The molecule has 0 unspecified atom stereocenters. The fourth-order valence-electron chi connectivity index (χ4n) is 3.59. The molecule has 34 heavy (non-hydrogen) atoms. The molecule has 1 aliphatic carbocycles. The normalized spacial score (nSPS) is 21.8. The summed E-state index contributed by atoms with van der Waals surface area (Å²) in [7, 11) is -4.73. The van der Waals surface area contributed by atoms with Crippen molar-refractivity contribution in [1.29, 1.82) is 0 Å². The summed E-state index contributed by atoms with van der Waals surface area (Å²) in [5.74, 6) is -1.72. The van der Waals surface area contributed by atoms with Crippen molar-refractivity contribution in [2.75, 3.05) is 0 Å². The van der Waals surface area contributed by atoms with E-state index in [2.05, 4.69) is 15.2 Å². The molecule has 1 amide bonds. The number of hydrogen-bond acceptors (Lipinski definition) is 5. The second-order valence-electron chi connectivity index (χ2n) is 7.65. The van der Waals surface area contributed by atoms with Gasteiger partial charge in [0.2, 0.25) is 14.8 Å². The largest absolute Gasteiger partial charge is 0.573 e. The number of sulfone groups is 1. The Labute approximate surface area is 188 Å². The molecule has 1 aromatic heterocycles. The zero-order valence-corrected chi connectivity index (χ0v) is 18.0. The van der Waals surface area contributed by atoms with Gasteiger partial charge in [-0.25, -0.2) is 12.8 Å². The molecule has 1 heterocycles. The van der Waals surface area contributed by atoms with Crippen molar-refractivity contribution in [2.45, 2.75) is 60.7 Å². The van der Waals surface area contributed by atoms with Gasteiger partial charge in [0, 0.05) is 12.2 Å². The summed E-state index contributed by atoms with van der Waals surface area (Å²) < 4.78 is 120. The van der Waals surface area contributed by atoms with Gasteiger partial charge in [-0.1, -0.05) is 6.07 Å². The zero-order chi connectivity index (χ0) is 25.4. The predicted octanol–water partition coefficient (Wildman–Crippen LogP) is 4.16. The first-order chi connectivity index (χ1) is 15.6. The monoisotopic (exact) mass is 517 g/mol. The van der Waals surface area contributed by atoms with Gasteiger partial charge in [0.25, 0.3) is 5.91 Å².